The number of aliphatic carboxylic acids is 1. The smallest absolute Gasteiger partial charge is 0.308 e. The molecule has 3 rings (SSSR count). The van der Waals surface area contributed by atoms with E-state index in [1.807, 2.05) is 29.6 Å². The summed E-state index contributed by atoms with van der Waals surface area (Å²) in [6.45, 7) is 0.441. The van der Waals surface area contributed by atoms with Gasteiger partial charge in [-0.15, -0.1) is 11.3 Å². The molecule has 1 aromatic carbocycles. The van der Waals surface area contributed by atoms with E-state index in [9.17, 15) is 14.7 Å². The molecule has 0 aliphatic carbocycles. The summed E-state index contributed by atoms with van der Waals surface area (Å²) in [7, 11) is 1.59. The third kappa shape index (κ3) is 3.28. The van der Waals surface area contributed by atoms with Crippen LogP contribution in [-0.4, -0.2) is 29.0 Å². The van der Waals surface area contributed by atoms with Gasteiger partial charge >= 0.3 is 5.97 Å². The summed E-state index contributed by atoms with van der Waals surface area (Å²) in [6, 6.07) is 10.7. The van der Waals surface area contributed by atoms with Crippen molar-refractivity contribution in [1.29, 1.82) is 0 Å². The first kappa shape index (κ1) is 16.5. The van der Waals surface area contributed by atoms with Crippen molar-refractivity contribution in [3.8, 4) is 5.75 Å². The maximum absolute atomic E-state index is 12.5. The third-order valence-electron chi connectivity index (χ3n) is 4.39. The highest BCUT2D eigenvalue weighted by molar-refractivity contribution is 7.09. The zero-order chi connectivity index (χ0) is 17.1. The Bertz CT molecular complexity index is 711. The van der Waals surface area contributed by atoms with Crippen molar-refractivity contribution < 1.29 is 19.4 Å². The minimum atomic E-state index is -0.862. The van der Waals surface area contributed by atoms with Gasteiger partial charge in [-0.25, -0.2) is 0 Å². The maximum Gasteiger partial charge on any atom is 0.308 e. The molecule has 0 saturated carbocycles. The number of piperidine rings is 1. The van der Waals surface area contributed by atoms with E-state index < -0.39 is 17.9 Å². The summed E-state index contributed by atoms with van der Waals surface area (Å²) in [5, 5.41) is 11.6. The number of nitrogens with zero attached hydrogens (tertiary/aromatic N) is 1. The second kappa shape index (κ2) is 7.05. The van der Waals surface area contributed by atoms with Gasteiger partial charge in [0.25, 0.3) is 0 Å². The molecule has 1 saturated heterocycles. The molecule has 2 aromatic rings. The van der Waals surface area contributed by atoms with Crippen molar-refractivity contribution in [3.63, 3.8) is 0 Å². The van der Waals surface area contributed by atoms with Gasteiger partial charge in [-0.3, -0.25) is 9.59 Å². The Morgan fingerprint density at radius 3 is 2.67 bits per heavy atom. The summed E-state index contributed by atoms with van der Waals surface area (Å²) in [5.74, 6) is -0.755. The quantitative estimate of drug-likeness (QED) is 0.903. The Morgan fingerprint density at radius 2 is 2.08 bits per heavy atom. The van der Waals surface area contributed by atoms with Crippen molar-refractivity contribution in [2.45, 2.75) is 25.4 Å². The number of thiophene rings is 1. The third-order valence-corrected chi connectivity index (χ3v) is 5.25. The van der Waals surface area contributed by atoms with Crippen molar-refractivity contribution in [2.24, 2.45) is 5.92 Å². The van der Waals surface area contributed by atoms with E-state index in [1.54, 1.807) is 35.5 Å². The number of carboxylic acid groups (broad SMARTS) is 1. The average molecular weight is 345 g/mol. The number of ether oxygens (including phenoxy) is 1. The number of methoxy groups -OCH3 is 1. The lowest BCUT2D eigenvalue weighted by atomic mass is 9.84. The van der Waals surface area contributed by atoms with Crippen molar-refractivity contribution in [3.05, 3.63) is 52.2 Å². The van der Waals surface area contributed by atoms with Crippen LogP contribution in [0.5, 0.6) is 5.75 Å². The van der Waals surface area contributed by atoms with E-state index in [1.165, 1.54) is 0 Å². The average Bonchev–Trinajstić information content (AvgIpc) is 3.09. The molecule has 1 aliphatic heterocycles. The SMILES string of the molecule is COc1ccc(C2C(C(=O)O)CCC(=O)N2Cc2cccs2)cc1. The Kier molecular flexibility index (Phi) is 4.85. The van der Waals surface area contributed by atoms with Crippen LogP contribution in [0.4, 0.5) is 0 Å². The fourth-order valence-corrected chi connectivity index (χ4v) is 3.88. The molecule has 1 N–H and O–H groups in total. The molecular weight excluding hydrogens is 326 g/mol. The molecular formula is C18H19NO4S. The standard InChI is InChI=1S/C18H19NO4S/c1-23-13-6-4-12(5-7-13)17-15(18(21)22)8-9-16(20)19(17)11-14-3-2-10-24-14/h2-7,10,15,17H,8-9,11H2,1H3,(H,21,22). The number of hydrogen-bond acceptors (Lipinski definition) is 4. The van der Waals surface area contributed by atoms with E-state index in [0.29, 0.717) is 18.7 Å². The molecule has 1 fully saturated rings. The van der Waals surface area contributed by atoms with Gasteiger partial charge in [0.2, 0.25) is 5.91 Å². The lowest BCUT2D eigenvalue weighted by molar-refractivity contribution is -0.152. The van der Waals surface area contributed by atoms with Crippen LogP contribution in [0.1, 0.15) is 29.3 Å². The van der Waals surface area contributed by atoms with Gasteiger partial charge in [0.05, 0.1) is 25.6 Å². The minimum absolute atomic E-state index is 0.00159. The molecule has 126 valence electrons. The Labute approximate surface area is 144 Å². The molecule has 6 heteroatoms. The Balaban J connectivity index is 1.97. The van der Waals surface area contributed by atoms with E-state index in [2.05, 4.69) is 0 Å². The summed E-state index contributed by atoms with van der Waals surface area (Å²) >= 11 is 1.57. The van der Waals surface area contributed by atoms with Crippen molar-refractivity contribution >= 4 is 23.2 Å². The summed E-state index contributed by atoms with van der Waals surface area (Å²) in [5.41, 5.74) is 0.827. The summed E-state index contributed by atoms with van der Waals surface area (Å²) in [6.07, 6.45) is 0.640. The highest BCUT2D eigenvalue weighted by Gasteiger charge is 2.40. The maximum atomic E-state index is 12.5. The van der Waals surface area contributed by atoms with Crippen molar-refractivity contribution in [1.82, 2.24) is 4.90 Å². The second-order valence-corrected chi connectivity index (χ2v) is 6.83. The molecule has 1 amide bonds. The largest absolute Gasteiger partial charge is 0.497 e. The molecule has 24 heavy (non-hydrogen) atoms. The normalized spacial score (nSPS) is 20.9. The van der Waals surface area contributed by atoms with Crippen LogP contribution in [0.2, 0.25) is 0 Å². The van der Waals surface area contributed by atoms with Crippen LogP contribution >= 0.6 is 11.3 Å². The number of likely N-dealkylation sites (tertiary alicyclic amines) is 1. The van der Waals surface area contributed by atoms with Crippen LogP contribution < -0.4 is 4.74 Å². The number of carbonyl (C=O) groups is 2. The zero-order valence-electron chi connectivity index (χ0n) is 13.3. The summed E-state index contributed by atoms with van der Waals surface area (Å²) in [4.78, 5) is 27.0. The van der Waals surface area contributed by atoms with Crippen molar-refractivity contribution in [2.75, 3.05) is 7.11 Å². The van der Waals surface area contributed by atoms with Gasteiger partial charge in [0.1, 0.15) is 5.75 Å². The van der Waals surface area contributed by atoms with E-state index in [4.69, 9.17) is 4.74 Å². The molecule has 2 unspecified atom stereocenters. The predicted molar refractivity (Wildman–Crippen MR) is 91.0 cm³/mol. The number of carboxylic acids is 1. The monoisotopic (exact) mass is 345 g/mol. The van der Waals surface area contributed by atoms with Gasteiger partial charge in [0.15, 0.2) is 0 Å². The first-order chi connectivity index (χ1) is 11.6. The molecule has 2 atom stereocenters. The lowest BCUT2D eigenvalue weighted by Crippen LogP contribution is -2.44. The van der Waals surface area contributed by atoms with Gasteiger partial charge in [0, 0.05) is 11.3 Å². The second-order valence-electron chi connectivity index (χ2n) is 5.80. The molecule has 1 aromatic heterocycles. The number of hydrogen-bond donors (Lipinski definition) is 1. The van der Waals surface area contributed by atoms with Gasteiger partial charge in [-0.05, 0) is 35.6 Å². The Morgan fingerprint density at radius 1 is 1.33 bits per heavy atom. The van der Waals surface area contributed by atoms with Crippen LogP contribution in [0.25, 0.3) is 0 Å². The molecule has 0 bridgehead atoms. The number of carbonyl (C=O) groups excluding carboxylic acids is 1. The lowest BCUT2D eigenvalue weighted by Gasteiger charge is -2.39. The Hall–Kier alpha value is -2.34. The van der Waals surface area contributed by atoms with Gasteiger partial charge < -0.3 is 14.7 Å². The molecule has 0 spiro atoms. The molecule has 0 radical (unpaired) electrons. The molecule has 2 heterocycles. The highest BCUT2D eigenvalue weighted by Crippen LogP contribution is 2.38. The fourth-order valence-electron chi connectivity index (χ4n) is 3.18. The summed E-state index contributed by atoms with van der Waals surface area (Å²) < 4.78 is 5.17. The van der Waals surface area contributed by atoms with E-state index in [0.717, 1.165) is 10.4 Å². The van der Waals surface area contributed by atoms with E-state index >= 15 is 0 Å². The van der Waals surface area contributed by atoms with E-state index in [-0.39, 0.29) is 12.3 Å². The first-order valence-corrected chi connectivity index (χ1v) is 8.66. The van der Waals surface area contributed by atoms with Crippen LogP contribution in [-0.2, 0) is 16.1 Å². The predicted octanol–water partition coefficient (Wildman–Crippen LogP) is 3.32. The van der Waals surface area contributed by atoms with Gasteiger partial charge in [-0.2, -0.15) is 0 Å². The van der Waals surface area contributed by atoms with Gasteiger partial charge in [-0.1, -0.05) is 18.2 Å². The highest BCUT2D eigenvalue weighted by atomic mass is 32.1. The fraction of sp³-hybridized carbons (Fsp3) is 0.333. The van der Waals surface area contributed by atoms with Crippen LogP contribution in [0, 0.1) is 5.92 Å². The molecule has 1 aliphatic rings. The number of amides is 1. The zero-order valence-corrected chi connectivity index (χ0v) is 14.2. The molecule has 5 nitrogen and oxygen atoms in total. The topological polar surface area (TPSA) is 66.8 Å². The number of benzene rings is 1. The first-order valence-electron chi connectivity index (χ1n) is 7.78. The van der Waals surface area contributed by atoms with Crippen LogP contribution in [0.3, 0.4) is 0 Å². The minimum Gasteiger partial charge on any atom is -0.497 e. The number of rotatable bonds is 5. The van der Waals surface area contributed by atoms with Crippen LogP contribution in [0.15, 0.2) is 41.8 Å².